The summed E-state index contributed by atoms with van der Waals surface area (Å²) >= 11 is 0. The first-order valence-electron chi connectivity index (χ1n) is 5.56. The normalized spacial score (nSPS) is 8.50. The van der Waals surface area contributed by atoms with Crippen LogP contribution in [-0.4, -0.2) is 11.1 Å². The zero-order valence-electron chi connectivity index (χ0n) is 11.8. The van der Waals surface area contributed by atoms with E-state index in [0.29, 0.717) is 0 Å². The Morgan fingerprint density at radius 1 is 0.944 bits per heavy atom. The molecule has 2 rings (SSSR count). The Hall–Kier alpha value is -1.09. The molecule has 2 aromatic carbocycles. The number of carbonyl (C=O) groups is 1. The molecule has 0 spiro atoms. The molecular formula is C15H17NaO2. The maximum atomic E-state index is 9.37. The Bertz CT molecular complexity index is 409. The van der Waals surface area contributed by atoms with E-state index in [1.807, 2.05) is 12.1 Å². The number of hydrogen-bond donors (Lipinski definition) is 1. The number of hydrogen-bond acceptors (Lipinski definition) is 1. The fraction of sp³-hybridized carbons (Fsp3) is 0.133. The molecule has 0 bridgehead atoms. The monoisotopic (exact) mass is 252 g/mol. The molecule has 3 heteroatoms. The second-order valence-electron chi connectivity index (χ2n) is 3.48. The van der Waals surface area contributed by atoms with Crippen molar-refractivity contribution in [1.29, 1.82) is 0 Å². The van der Waals surface area contributed by atoms with Gasteiger partial charge in [0.1, 0.15) is 0 Å². The van der Waals surface area contributed by atoms with Crippen LogP contribution < -0.4 is 29.6 Å². The van der Waals surface area contributed by atoms with Crippen molar-refractivity contribution in [3.8, 4) is 11.1 Å². The standard InChI is InChI=1S/C12H10.C3H6O2.Na.H/c1-3-7-11(8-4-1)12-9-5-2-6-10-12;1-2-3(4)5;;/h1-10H;2H2,1H3,(H,4,5);;/q;;+1;-1. The summed E-state index contributed by atoms with van der Waals surface area (Å²) < 4.78 is 0. The van der Waals surface area contributed by atoms with Crippen LogP contribution in [-0.2, 0) is 4.79 Å². The van der Waals surface area contributed by atoms with Crippen LogP contribution in [0.15, 0.2) is 60.7 Å². The van der Waals surface area contributed by atoms with Crippen molar-refractivity contribution < 1.29 is 40.9 Å². The number of rotatable bonds is 2. The second kappa shape index (κ2) is 9.89. The van der Waals surface area contributed by atoms with Crippen molar-refractivity contribution >= 4 is 5.97 Å². The summed E-state index contributed by atoms with van der Waals surface area (Å²) in [6.07, 6.45) is 0.222. The van der Waals surface area contributed by atoms with Gasteiger partial charge in [0.2, 0.25) is 0 Å². The molecule has 2 aromatic rings. The second-order valence-corrected chi connectivity index (χ2v) is 3.48. The van der Waals surface area contributed by atoms with Crippen LogP contribution in [0.3, 0.4) is 0 Å². The van der Waals surface area contributed by atoms with E-state index in [1.165, 1.54) is 11.1 Å². The maximum Gasteiger partial charge on any atom is 1.00 e. The molecule has 0 aliphatic heterocycles. The van der Waals surface area contributed by atoms with Gasteiger partial charge >= 0.3 is 35.5 Å². The third kappa shape index (κ3) is 6.60. The molecule has 2 nitrogen and oxygen atoms in total. The van der Waals surface area contributed by atoms with Gasteiger partial charge in [-0.3, -0.25) is 4.79 Å². The molecule has 0 saturated carbocycles. The number of benzene rings is 2. The summed E-state index contributed by atoms with van der Waals surface area (Å²) in [7, 11) is 0. The predicted molar refractivity (Wildman–Crippen MR) is 70.9 cm³/mol. The topological polar surface area (TPSA) is 37.3 Å². The first kappa shape index (κ1) is 16.9. The molecule has 0 heterocycles. The summed E-state index contributed by atoms with van der Waals surface area (Å²) in [6.45, 7) is 1.60. The Balaban J connectivity index is 0. The van der Waals surface area contributed by atoms with Crippen LogP contribution >= 0.6 is 0 Å². The first-order chi connectivity index (χ1) is 8.24. The van der Waals surface area contributed by atoms with Crippen molar-refractivity contribution in [1.82, 2.24) is 0 Å². The molecule has 0 fully saturated rings. The summed E-state index contributed by atoms with van der Waals surface area (Å²) in [5.41, 5.74) is 2.55. The molecule has 0 aromatic heterocycles. The molecule has 0 saturated heterocycles. The maximum absolute atomic E-state index is 9.37. The summed E-state index contributed by atoms with van der Waals surface area (Å²) in [5.74, 6) is -0.745. The van der Waals surface area contributed by atoms with Crippen molar-refractivity contribution in [2.24, 2.45) is 0 Å². The van der Waals surface area contributed by atoms with Crippen LogP contribution in [0.1, 0.15) is 14.8 Å². The number of carboxylic acids is 1. The van der Waals surface area contributed by atoms with Gasteiger partial charge in [0.05, 0.1) is 0 Å². The van der Waals surface area contributed by atoms with Gasteiger partial charge in [0.15, 0.2) is 0 Å². The molecule has 0 unspecified atom stereocenters. The SMILES string of the molecule is CCC(=O)O.[H-].[Na+].c1ccc(-c2ccccc2)cc1. The molecule has 0 atom stereocenters. The Morgan fingerprint density at radius 3 is 1.44 bits per heavy atom. The molecule has 0 amide bonds. The number of carboxylic acid groups (broad SMARTS) is 1. The van der Waals surface area contributed by atoms with Crippen LogP contribution in [0, 0.1) is 0 Å². The van der Waals surface area contributed by atoms with Gasteiger partial charge in [-0.2, -0.15) is 0 Å². The summed E-state index contributed by atoms with van der Waals surface area (Å²) in [5, 5.41) is 7.72. The minimum Gasteiger partial charge on any atom is -1.00 e. The molecule has 0 aliphatic rings. The van der Waals surface area contributed by atoms with Gasteiger partial charge in [-0.05, 0) is 11.1 Å². The van der Waals surface area contributed by atoms with Crippen LogP contribution in [0.25, 0.3) is 11.1 Å². The molecule has 90 valence electrons. The Labute approximate surface area is 131 Å². The van der Waals surface area contributed by atoms with E-state index >= 15 is 0 Å². The molecule has 0 radical (unpaired) electrons. The third-order valence-electron chi connectivity index (χ3n) is 2.18. The van der Waals surface area contributed by atoms with E-state index < -0.39 is 5.97 Å². The largest absolute Gasteiger partial charge is 1.00 e. The average molecular weight is 252 g/mol. The number of aliphatic carboxylic acids is 1. The zero-order chi connectivity index (χ0) is 12.5. The van der Waals surface area contributed by atoms with E-state index in [0.717, 1.165) is 0 Å². The molecule has 0 aliphatic carbocycles. The fourth-order valence-electron chi connectivity index (χ4n) is 1.26. The van der Waals surface area contributed by atoms with Crippen LogP contribution in [0.2, 0.25) is 0 Å². The Morgan fingerprint density at radius 2 is 1.22 bits per heavy atom. The smallest absolute Gasteiger partial charge is 1.00 e. The quantitative estimate of drug-likeness (QED) is 0.808. The van der Waals surface area contributed by atoms with E-state index in [1.54, 1.807) is 6.92 Å². The Kier molecular flexibility index (Phi) is 9.29. The van der Waals surface area contributed by atoms with Crippen molar-refractivity contribution in [3.63, 3.8) is 0 Å². The van der Waals surface area contributed by atoms with Gasteiger partial charge in [0, 0.05) is 6.42 Å². The zero-order valence-corrected chi connectivity index (χ0v) is 12.8. The van der Waals surface area contributed by atoms with Crippen LogP contribution in [0.4, 0.5) is 0 Å². The molecular weight excluding hydrogens is 235 g/mol. The molecule has 18 heavy (non-hydrogen) atoms. The minimum atomic E-state index is -0.745. The van der Waals surface area contributed by atoms with Crippen molar-refractivity contribution in [2.45, 2.75) is 13.3 Å². The third-order valence-corrected chi connectivity index (χ3v) is 2.18. The van der Waals surface area contributed by atoms with Crippen molar-refractivity contribution in [3.05, 3.63) is 60.7 Å². The van der Waals surface area contributed by atoms with E-state index in [9.17, 15) is 4.79 Å². The van der Waals surface area contributed by atoms with Gasteiger partial charge in [-0.1, -0.05) is 67.6 Å². The minimum absolute atomic E-state index is 0. The fourth-order valence-corrected chi connectivity index (χ4v) is 1.26. The van der Waals surface area contributed by atoms with Gasteiger partial charge in [-0.25, -0.2) is 0 Å². The van der Waals surface area contributed by atoms with E-state index in [4.69, 9.17) is 5.11 Å². The van der Waals surface area contributed by atoms with Gasteiger partial charge in [0.25, 0.3) is 0 Å². The van der Waals surface area contributed by atoms with Gasteiger partial charge in [-0.15, -0.1) is 0 Å². The summed E-state index contributed by atoms with van der Waals surface area (Å²) in [6, 6.07) is 20.8. The van der Waals surface area contributed by atoms with Gasteiger partial charge < -0.3 is 6.53 Å². The summed E-state index contributed by atoms with van der Waals surface area (Å²) in [4.78, 5) is 9.37. The average Bonchev–Trinajstić information content (AvgIpc) is 2.41. The molecule has 1 N–H and O–H groups in total. The first-order valence-corrected chi connectivity index (χ1v) is 5.56. The van der Waals surface area contributed by atoms with Crippen LogP contribution in [0.5, 0.6) is 0 Å². The van der Waals surface area contributed by atoms with Crippen molar-refractivity contribution in [2.75, 3.05) is 0 Å². The van der Waals surface area contributed by atoms with E-state index in [-0.39, 0.29) is 37.4 Å². The predicted octanol–water partition coefficient (Wildman–Crippen LogP) is 0.951. The van der Waals surface area contributed by atoms with E-state index in [2.05, 4.69) is 48.5 Å².